The Kier molecular flexibility index (Phi) is 5.61. The number of aromatic amines is 1. The Labute approximate surface area is 174 Å². The van der Waals surface area contributed by atoms with Crippen LogP contribution in [0.2, 0.25) is 0 Å². The Morgan fingerprint density at radius 3 is 2.64 bits per heavy atom. The molecule has 2 unspecified atom stereocenters. The molecule has 1 aromatic heterocycles. The maximum Gasteiger partial charge on any atom is 0.216 e. The molecule has 0 saturated carbocycles. The zero-order valence-electron chi connectivity index (χ0n) is 16.6. The number of fused-ring (bicyclic) bond motifs is 3. The van der Waals surface area contributed by atoms with Crippen molar-refractivity contribution >= 4 is 26.8 Å². The molecule has 0 bridgehead atoms. The number of halogens is 1. The van der Waals surface area contributed by atoms with E-state index in [1.54, 1.807) is 0 Å². The fourth-order valence-corrected chi connectivity index (χ4v) is 4.54. The van der Waals surface area contributed by atoms with E-state index >= 15 is 0 Å². The highest BCUT2D eigenvalue weighted by Gasteiger charge is 2.35. The van der Waals surface area contributed by atoms with Crippen molar-refractivity contribution in [3.05, 3.63) is 69.3 Å². The van der Waals surface area contributed by atoms with Crippen LogP contribution in [0, 0.1) is 0 Å². The third-order valence-electron chi connectivity index (χ3n) is 5.64. The maximum atomic E-state index is 10.7. The van der Waals surface area contributed by atoms with Crippen LogP contribution in [0.15, 0.2) is 46.9 Å². The van der Waals surface area contributed by atoms with E-state index in [0.717, 1.165) is 34.2 Å². The summed E-state index contributed by atoms with van der Waals surface area (Å²) in [5, 5.41) is 11.9. The number of aliphatic hydroxyl groups is 1. The second-order valence-electron chi connectivity index (χ2n) is 7.70. The van der Waals surface area contributed by atoms with Gasteiger partial charge in [0.2, 0.25) is 6.41 Å². The van der Waals surface area contributed by atoms with Gasteiger partial charge < -0.3 is 14.8 Å². The topological polar surface area (TPSA) is 48.5 Å². The lowest BCUT2D eigenvalue weighted by molar-refractivity contribution is -0.202. The predicted molar refractivity (Wildman–Crippen MR) is 116 cm³/mol. The minimum atomic E-state index is -0.925. The van der Waals surface area contributed by atoms with Gasteiger partial charge in [-0.05, 0) is 54.2 Å². The molecule has 0 fully saturated rings. The SMILES string of the molecule is CCOC(O)N1CCc2c([nH]c3ccc(Br)cc23)C1c1ccc(C(C)C)cc1. The highest BCUT2D eigenvalue weighted by Crippen LogP contribution is 2.40. The molecule has 4 rings (SSSR count). The Bertz CT molecular complexity index is 965. The lowest BCUT2D eigenvalue weighted by Gasteiger charge is -2.38. The molecule has 0 aliphatic carbocycles. The van der Waals surface area contributed by atoms with Gasteiger partial charge in [-0.25, -0.2) is 4.90 Å². The van der Waals surface area contributed by atoms with Crippen LogP contribution in [-0.4, -0.2) is 34.6 Å². The van der Waals surface area contributed by atoms with Gasteiger partial charge in [-0.2, -0.15) is 0 Å². The first-order chi connectivity index (χ1) is 13.5. The summed E-state index contributed by atoms with van der Waals surface area (Å²) in [6.07, 6.45) is -0.0534. The second kappa shape index (κ2) is 7.99. The lowest BCUT2D eigenvalue weighted by Crippen LogP contribution is -2.44. The van der Waals surface area contributed by atoms with Crippen molar-refractivity contribution in [3.8, 4) is 0 Å². The third-order valence-corrected chi connectivity index (χ3v) is 6.14. The monoisotopic (exact) mass is 442 g/mol. The van der Waals surface area contributed by atoms with E-state index in [4.69, 9.17) is 4.74 Å². The van der Waals surface area contributed by atoms with E-state index in [0.29, 0.717) is 12.5 Å². The molecule has 2 aromatic carbocycles. The first kappa shape index (κ1) is 19.6. The van der Waals surface area contributed by atoms with Gasteiger partial charge in [-0.15, -0.1) is 0 Å². The summed E-state index contributed by atoms with van der Waals surface area (Å²) in [6, 6.07) is 15.0. The Morgan fingerprint density at radius 1 is 1.21 bits per heavy atom. The number of rotatable bonds is 5. The van der Waals surface area contributed by atoms with Crippen LogP contribution in [0.1, 0.15) is 55.1 Å². The molecule has 4 nitrogen and oxygen atoms in total. The number of nitrogens with one attached hydrogen (secondary N) is 1. The van der Waals surface area contributed by atoms with Crippen molar-refractivity contribution in [3.63, 3.8) is 0 Å². The largest absolute Gasteiger partial charge is 0.357 e. The van der Waals surface area contributed by atoms with Gasteiger partial charge in [0.05, 0.1) is 6.04 Å². The van der Waals surface area contributed by atoms with E-state index < -0.39 is 6.41 Å². The van der Waals surface area contributed by atoms with Crippen LogP contribution in [0.25, 0.3) is 10.9 Å². The second-order valence-corrected chi connectivity index (χ2v) is 8.62. The summed E-state index contributed by atoms with van der Waals surface area (Å²) in [7, 11) is 0. The quantitative estimate of drug-likeness (QED) is 0.526. The Morgan fingerprint density at radius 2 is 1.96 bits per heavy atom. The predicted octanol–water partition coefficient (Wildman–Crippen LogP) is 5.31. The Hall–Kier alpha value is -1.66. The van der Waals surface area contributed by atoms with Gasteiger partial charge in [0.25, 0.3) is 0 Å². The molecule has 0 spiro atoms. The minimum absolute atomic E-state index is 0.0716. The molecule has 2 N–H and O–H groups in total. The van der Waals surface area contributed by atoms with Crippen LogP contribution < -0.4 is 0 Å². The number of benzene rings is 2. The molecule has 3 aromatic rings. The number of H-pyrrole nitrogens is 1. The van der Waals surface area contributed by atoms with Gasteiger partial charge >= 0.3 is 0 Å². The van der Waals surface area contributed by atoms with Crippen LogP contribution in [0.3, 0.4) is 0 Å². The van der Waals surface area contributed by atoms with Gasteiger partial charge in [-0.1, -0.05) is 54.0 Å². The van der Waals surface area contributed by atoms with Crippen molar-refractivity contribution in [2.75, 3.05) is 13.2 Å². The fraction of sp³-hybridized carbons (Fsp3) is 0.391. The molecule has 5 heteroatoms. The summed E-state index contributed by atoms with van der Waals surface area (Å²) < 4.78 is 6.64. The van der Waals surface area contributed by atoms with Crippen LogP contribution in [-0.2, 0) is 11.2 Å². The first-order valence-electron chi connectivity index (χ1n) is 9.94. The highest BCUT2D eigenvalue weighted by molar-refractivity contribution is 9.10. The molecular weight excluding hydrogens is 416 g/mol. The number of hydrogen-bond donors (Lipinski definition) is 2. The molecule has 0 radical (unpaired) electrons. The molecule has 1 aliphatic rings. The van der Waals surface area contributed by atoms with Gasteiger partial charge in [0.1, 0.15) is 0 Å². The number of aromatic nitrogens is 1. The van der Waals surface area contributed by atoms with Crippen molar-refractivity contribution < 1.29 is 9.84 Å². The zero-order chi connectivity index (χ0) is 19.8. The molecule has 148 valence electrons. The van der Waals surface area contributed by atoms with E-state index in [1.165, 1.54) is 16.5 Å². The van der Waals surface area contributed by atoms with Crippen molar-refractivity contribution in [1.82, 2.24) is 9.88 Å². The van der Waals surface area contributed by atoms with Gasteiger partial charge in [-0.3, -0.25) is 0 Å². The van der Waals surface area contributed by atoms with Crippen molar-refractivity contribution in [2.45, 2.75) is 45.6 Å². The summed E-state index contributed by atoms with van der Waals surface area (Å²) in [5.41, 5.74) is 6.08. The van der Waals surface area contributed by atoms with Gasteiger partial charge in [0, 0.05) is 34.2 Å². The third kappa shape index (κ3) is 3.52. The summed E-state index contributed by atoms with van der Waals surface area (Å²) in [5.74, 6) is 0.492. The van der Waals surface area contributed by atoms with E-state index in [-0.39, 0.29) is 6.04 Å². The molecule has 0 amide bonds. The molecule has 28 heavy (non-hydrogen) atoms. The minimum Gasteiger partial charge on any atom is -0.357 e. The molecular formula is C23H27BrN2O2. The number of aliphatic hydroxyl groups excluding tert-OH is 1. The lowest BCUT2D eigenvalue weighted by atomic mass is 9.91. The summed E-state index contributed by atoms with van der Waals surface area (Å²) in [4.78, 5) is 5.67. The maximum absolute atomic E-state index is 10.7. The normalized spacial score (nSPS) is 18.6. The van der Waals surface area contributed by atoms with Crippen molar-refractivity contribution in [2.24, 2.45) is 0 Å². The standard InChI is InChI=1S/C23H27BrN2O2/c1-4-28-23(27)26-12-11-18-19-13-17(24)9-10-20(19)25-21(18)22(26)16-7-5-15(6-8-16)14(2)3/h5-10,13-14,22-23,25,27H,4,11-12H2,1-3H3. The zero-order valence-corrected chi connectivity index (χ0v) is 18.2. The fourth-order valence-electron chi connectivity index (χ4n) is 4.18. The number of ether oxygens (including phenoxy) is 1. The van der Waals surface area contributed by atoms with Crippen LogP contribution in [0.4, 0.5) is 0 Å². The number of nitrogens with zero attached hydrogens (tertiary/aromatic N) is 1. The number of hydrogen-bond acceptors (Lipinski definition) is 3. The van der Waals surface area contributed by atoms with E-state index in [9.17, 15) is 5.11 Å². The van der Waals surface area contributed by atoms with E-state index in [1.807, 2.05) is 11.8 Å². The summed E-state index contributed by atoms with van der Waals surface area (Å²) >= 11 is 3.60. The van der Waals surface area contributed by atoms with Gasteiger partial charge in [0.15, 0.2) is 0 Å². The highest BCUT2D eigenvalue weighted by atomic mass is 79.9. The van der Waals surface area contributed by atoms with E-state index in [2.05, 4.69) is 77.2 Å². The molecule has 1 aliphatic heterocycles. The van der Waals surface area contributed by atoms with Crippen LogP contribution >= 0.6 is 15.9 Å². The average molecular weight is 443 g/mol. The van der Waals surface area contributed by atoms with Crippen molar-refractivity contribution in [1.29, 1.82) is 0 Å². The Balaban J connectivity index is 1.83. The van der Waals surface area contributed by atoms with Crippen LogP contribution in [0.5, 0.6) is 0 Å². The molecule has 2 atom stereocenters. The average Bonchev–Trinajstić information content (AvgIpc) is 3.05. The first-order valence-corrected chi connectivity index (χ1v) is 10.7. The molecule has 2 heterocycles. The molecule has 0 saturated heterocycles. The smallest absolute Gasteiger partial charge is 0.216 e. The summed E-state index contributed by atoms with van der Waals surface area (Å²) in [6.45, 7) is 7.53.